The van der Waals surface area contributed by atoms with Crippen LogP contribution in [0.4, 0.5) is 0 Å². The number of carbonyl (C=O) groups excluding carboxylic acids is 2. The fourth-order valence-electron chi connectivity index (χ4n) is 5.16. The maximum atomic E-state index is 12.5. The summed E-state index contributed by atoms with van der Waals surface area (Å²) in [7, 11) is -4.74. The molecule has 0 aromatic carbocycles. The van der Waals surface area contributed by atoms with Crippen molar-refractivity contribution >= 4 is 25.7 Å². The first-order chi connectivity index (χ1) is 25.6. The molecule has 0 radical (unpaired) electrons. The number of esters is 2. The number of carboxylic acid groups (broad SMARTS) is 1. The number of phosphoric acid groups is 1. The Morgan fingerprint density at radius 2 is 1.15 bits per heavy atom. The van der Waals surface area contributed by atoms with E-state index in [2.05, 4.69) is 42.7 Å². The van der Waals surface area contributed by atoms with Crippen molar-refractivity contribution in [3.05, 3.63) is 48.6 Å². The van der Waals surface area contributed by atoms with Crippen LogP contribution < -0.4 is 5.73 Å². The van der Waals surface area contributed by atoms with Gasteiger partial charge in [0.2, 0.25) is 0 Å². The van der Waals surface area contributed by atoms with Crippen LogP contribution >= 0.6 is 7.82 Å². The molecule has 3 atom stereocenters. The van der Waals surface area contributed by atoms with E-state index in [1.807, 2.05) is 6.08 Å². The minimum atomic E-state index is -4.74. The van der Waals surface area contributed by atoms with Gasteiger partial charge in [0.05, 0.1) is 13.2 Å². The van der Waals surface area contributed by atoms with Crippen LogP contribution in [-0.2, 0) is 37.5 Å². The molecule has 0 amide bonds. The SMILES string of the molecule is CCCC/C=C/C/C=C/CCCCCCCC(=O)OC[C@H](COP(=O)(O)OC[C@H](N)C(=O)O)OC(=O)/C=C/C=C/CCCCCCCCCCCCC. The average Bonchev–Trinajstić information content (AvgIpc) is 3.13. The second-order valence-electron chi connectivity index (χ2n) is 13.5. The lowest BCUT2D eigenvalue weighted by molar-refractivity contribution is -0.157. The van der Waals surface area contributed by atoms with Gasteiger partial charge in [-0.05, 0) is 44.9 Å². The van der Waals surface area contributed by atoms with E-state index in [0.29, 0.717) is 6.42 Å². The monoisotopic (exact) mass is 769 g/mol. The second-order valence-corrected chi connectivity index (χ2v) is 14.9. The van der Waals surface area contributed by atoms with Crippen molar-refractivity contribution in [3.63, 3.8) is 0 Å². The molecule has 0 rings (SSSR count). The van der Waals surface area contributed by atoms with Crippen LogP contribution in [0, 0.1) is 0 Å². The van der Waals surface area contributed by atoms with Crippen molar-refractivity contribution in [3.8, 4) is 0 Å². The average molecular weight is 770 g/mol. The summed E-state index contributed by atoms with van der Waals surface area (Å²) in [6.07, 6.45) is 39.6. The highest BCUT2D eigenvalue weighted by Gasteiger charge is 2.27. The van der Waals surface area contributed by atoms with Crippen molar-refractivity contribution in [2.75, 3.05) is 19.8 Å². The van der Waals surface area contributed by atoms with Gasteiger partial charge in [0.1, 0.15) is 12.6 Å². The molecule has 0 aromatic rings. The van der Waals surface area contributed by atoms with E-state index < -0.39 is 57.7 Å². The third-order valence-electron chi connectivity index (χ3n) is 8.41. The number of unbranched alkanes of at least 4 members (excludes halogenated alkanes) is 18. The maximum Gasteiger partial charge on any atom is 0.472 e. The van der Waals surface area contributed by atoms with Gasteiger partial charge in [-0.2, -0.15) is 0 Å². The van der Waals surface area contributed by atoms with Gasteiger partial charge in [0.25, 0.3) is 0 Å². The molecule has 0 saturated carbocycles. The Balaban J connectivity index is 4.55. The molecular formula is C41H72NO10P. The fourth-order valence-corrected chi connectivity index (χ4v) is 5.94. The quantitative estimate of drug-likeness (QED) is 0.0137. The largest absolute Gasteiger partial charge is 0.480 e. The number of ether oxygens (including phenoxy) is 2. The lowest BCUT2D eigenvalue weighted by Gasteiger charge is -2.19. The van der Waals surface area contributed by atoms with Crippen molar-refractivity contribution < 1.29 is 47.5 Å². The topological polar surface area (TPSA) is 172 Å². The zero-order chi connectivity index (χ0) is 39.3. The van der Waals surface area contributed by atoms with E-state index in [-0.39, 0.29) is 6.42 Å². The lowest BCUT2D eigenvalue weighted by atomic mass is 10.1. The molecule has 1 unspecified atom stereocenters. The molecule has 306 valence electrons. The zero-order valence-corrected chi connectivity index (χ0v) is 33.7. The Morgan fingerprint density at radius 1 is 0.642 bits per heavy atom. The fraction of sp³-hybridized carbons (Fsp3) is 0.732. The molecule has 4 N–H and O–H groups in total. The normalized spacial score (nSPS) is 14.3. The Hall–Kier alpha value is -2.56. The van der Waals surface area contributed by atoms with Crippen LogP contribution in [0.1, 0.15) is 162 Å². The van der Waals surface area contributed by atoms with Crippen LogP contribution in [0.5, 0.6) is 0 Å². The molecule has 0 aliphatic heterocycles. The maximum absolute atomic E-state index is 12.5. The zero-order valence-electron chi connectivity index (χ0n) is 32.8. The van der Waals surface area contributed by atoms with Gasteiger partial charge < -0.3 is 25.2 Å². The summed E-state index contributed by atoms with van der Waals surface area (Å²) in [6, 6.07) is -1.54. The Morgan fingerprint density at radius 3 is 1.74 bits per heavy atom. The van der Waals surface area contributed by atoms with Crippen molar-refractivity contribution in [2.24, 2.45) is 5.73 Å². The summed E-state index contributed by atoms with van der Waals surface area (Å²) < 4.78 is 32.4. The first-order valence-corrected chi connectivity index (χ1v) is 21.7. The number of carbonyl (C=O) groups is 3. The van der Waals surface area contributed by atoms with Gasteiger partial charge >= 0.3 is 25.7 Å². The number of nitrogens with two attached hydrogens (primary N) is 1. The van der Waals surface area contributed by atoms with Crippen LogP contribution in [0.25, 0.3) is 0 Å². The predicted molar refractivity (Wildman–Crippen MR) is 212 cm³/mol. The minimum Gasteiger partial charge on any atom is -0.480 e. The number of allylic oxidation sites excluding steroid dienone is 7. The Bertz CT molecular complexity index is 1090. The summed E-state index contributed by atoms with van der Waals surface area (Å²) in [5.41, 5.74) is 5.31. The summed E-state index contributed by atoms with van der Waals surface area (Å²) >= 11 is 0. The molecular weight excluding hydrogens is 697 g/mol. The minimum absolute atomic E-state index is 0.185. The van der Waals surface area contributed by atoms with Crippen LogP contribution in [0.3, 0.4) is 0 Å². The number of phosphoric ester groups is 1. The van der Waals surface area contributed by atoms with Crippen molar-refractivity contribution in [1.82, 2.24) is 0 Å². The molecule has 0 aliphatic rings. The number of hydrogen-bond donors (Lipinski definition) is 3. The number of carboxylic acids is 1. The summed E-state index contributed by atoms with van der Waals surface area (Å²) in [6.45, 7) is 2.62. The highest BCUT2D eigenvalue weighted by atomic mass is 31.2. The number of aliphatic carboxylic acids is 1. The molecule has 0 aliphatic carbocycles. The number of hydrogen-bond acceptors (Lipinski definition) is 9. The van der Waals surface area contributed by atoms with Gasteiger partial charge in [-0.1, -0.05) is 153 Å². The second kappa shape index (κ2) is 36.4. The smallest absolute Gasteiger partial charge is 0.472 e. The number of rotatable bonds is 37. The molecule has 0 aromatic heterocycles. The first-order valence-electron chi connectivity index (χ1n) is 20.2. The summed E-state index contributed by atoms with van der Waals surface area (Å²) in [5, 5.41) is 8.86. The van der Waals surface area contributed by atoms with E-state index in [9.17, 15) is 23.8 Å². The standard InChI is InChI=1S/C41H72NO10P/c1-3-5-7-9-11-13-15-17-19-21-23-25-27-29-31-33-40(44)52-37(35-50-53(47,48)51-36-38(42)41(45)46)34-49-39(43)32-30-28-26-24-22-20-18-16-14-12-10-8-6-4-2/h10,12,16,18,27,29,31,33,37-38H,3-9,11,13-15,17,19-26,28,30,32,34-36,42H2,1-2H3,(H,45,46)(H,47,48)/b12-10+,18-16+,29-27+,33-31+/t37-,38+/m1/s1. The van der Waals surface area contributed by atoms with Crippen molar-refractivity contribution in [1.29, 1.82) is 0 Å². The third kappa shape index (κ3) is 36.2. The van der Waals surface area contributed by atoms with E-state index >= 15 is 0 Å². The highest BCUT2D eigenvalue weighted by Crippen LogP contribution is 2.43. The van der Waals surface area contributed by atoms with Gasteiger partial charge in [-0.3, -0.25) is 18.6 Å². The van der Waals surface area contributed by atoms with Crippen LogP contribution in [-0.4, -0.2) is 59.9 Å². The molecule has 0 bridgehead atoms. The summed E-state index contributed by atoms with van der Waals surface area (Å²) in [5.74, 6) is -2.66. The Labute approximate surface area is 320 Å². The highest BCUT2D eigenvalue weighted by molar-refractivity contribution is 7.47. The van der Waals surface area contributed by atoms with E-state index in [1.54, 1.807) is 12.2 Å². The van der Waals surface area contributed by atoms with E-state index in [4.69, 9.17) is 24.8 Å². The van der Waals surface area contributed by atoms with Gasteiger partial charge in [-0.15, -0.1) is 0 Å². The molecule has 0 saturated heterocycles. The van der Waals surface area contributed by atoms with Gasteiger partial charge in [0, 0.05) is 12.5 Å². The van der Waals surface area contributed by atoms with Crippen LogP contribution in [0.15, 0.2) is 48.6 Å². The summed E-state index contributed by atoms with van der Waals surface area (Å²) in [4.78, 5) is 45.7. The van der Waals surface area contributed by atoms with E-state index in [0.717, 1.165) is 57.8 Å². The lowest BCUT2D eigenvalue weighted by Crippen LogP contribution is -2.34. The molecule has 11 nitrogen and oxygen atoms in total. The molecule has 0 fully saturated rings. The molecule has 53 heavy (non-hydrogen) atoms. The van der Waals surface area contributed by atoms with Crippen molar-refractivity contribution in [2.45, 2.75) is 174 Å². The molecule has 0 spiro atoms. The third-order valence-corrected chi connectivity index (χ3v) is 9.36. The van der Waals surface area contributed by atoms with Gasteiger partial charge in [-0.25, -0.2) is 9.36 Å². The van der Waals surface area contributed by atoms with Crippen LogP contribution in [0.2, 0.25) is 0 Å². The molecule has 12 heteroatoms. The first kappa shape index (κ1) is 50.4. The Kier molecular flexibility index (Phi) is 34.7. The predicted octanol–water partition coefficient (Wildman–Crippen LogP) is 10.2. The molecule has 0 heterocycles. The van der Waals surface area contributed by atoms with Gasteiger partial charge in [0.15, 0.2) is 6.10 Å². The van der Waals surface area contributed by atoms with E-state index in [1.165, 1.54) is 83.1 Å².